The van der Waals surface area contributed by atoms with Crippen LogP contribution in [0.15, 0.2) is 23.1 Å². The van der Waals surface area contributed by atoms with E-state index in [9.17, 15) is 4.39 Å². The molecular weight excluding hydrogens is 245 g/mol. The first-order chi connectivity index (χ1) is 8.77. The molecule has 1 aromatic carbocycles. The molecule has 0 aliphatic rings. The minimum atomic E-state index is -0.0766. The van der Waals surface area contributed by atoms with Crippen LogP contribution in [0.25, 0.3) is 0 Å². The predicted octanol–water partition coefficient (Wildman–Crippen LogP) is 4.61. The molecule has 0 amide bonds. The fraction of sp³-hybridized carbons (Fsp3) is 0.600. The van der Waals surface area contributed by atoms with Crippen LogP contribution in [0.2, 0.25) is 0 Å². The molecule has 1 nitrogen and oxygen atoms in total. The second-order valence-electron chi connectivity index (χ2n) is 4.50. The first-order valence-electron chi connectivity index (χ1n) is 6.89. The Morgan fingerprint density at radius 3 is 2.67 bits per heavy atom. The van der Waals surface area contributed by atoms with Crippen molar-refractivity contribution in [3.63, 3.8) is 0 Å². The number of benzene rings is 1. The summed E-state index contributed by atoms with van der Waals surface area (Å²) in [4.78, 5) is 0.783. The molecule has 1 rings (SSSR count). The molecule has 0 aliphatic carbocycles. The number of thioether (sulfide) groups is 1. The molecule has 18 heavy (non-hydrogen) atoms. The minimum Gasteiger partial charge on any atom is -0.313 e. The molecule has 0 aliphatic heterocycles. The van der Waals surface area contributed by atoms with Crippen LogP contribution < -0.4 is 5.32 Å². The highest BCUT2D eigenvalue weighted by Gasteiger charge is 2.04. The van der Waals surface area contributed by atoms with Crippen molar-refractivity contribution in [3.05, 3.63) is 29.6 Å². The number of rotatable bonds is 9. The Balaban J connectivity index is 2.41. The molecule has 0 saturated heterocycles. The number of nitrogens with one attached hydrogen (secondary N) is 1. The van der Waals surface area contributed by atoms with Gasteiger partial charge in [0.05, 0.1) is 0 Å². The lowest BCUT2D eigenvalue weighted by atomic mass is 10.2. The average molecular weight is 269 g/mol. The van der Waals surface area contributed by atoms with E-state index in [2.05, 4.69) is 19.2 Å². The monoisotopic (exact) mass is 269 g/mol. The molecule has 0 saturated carbocycles. The molecule has 0 atom stereocenters. The van der Waals surface area contributed by atoms with Crippen molar-refractivity contribution in [3.8, 4) is 0 Å². The van der Waals surface area contributed by atoms with E-state index in [-0.39, 0.29) is 5.82 Å². The number of unbranched alkanes of at least 4 members (excludes halogenated alkanes) is 2. The van der Waals surface area contributed by atoms with Gasteiger partial charge in [0.25, 0.3) is 0 Å². The molecule has 0 heterocycles. The fourth-order valence-corrected chi connectivity index (χ4v) is 2.64. The normalized spacial score (nSPS) is 10.8. The van der Waals surface area contributed by atoms with Crippen molar-refractivity contribution in [2.45, 2.75) is 51.0 Å². The van der Waals surface area contributed by atoms with Gasteiger partial charge in [0.2, 0.25) is 0 Å². The van der Waals surface area contributed by atoms with Gasteiger partial charge in [0.15, 0.2) is 0 Å². The van der Waals surface area contributed by atoms with Crippen LogP contribution in [0.3, 0.4) is 0 Å². The van der Waals surface area contributed by atoms with Gasteiger partial charge in [-0.2, -0.15) is 0 Å². The van der Waals surface area contributed by atoms with Gasteiger partial charge < -0.3 is 5.32 Å². The minimum absolute atomic E-state index is 0.0766. The summed E-state index contributed by atoms with van der Waals surface area (Å²) in [5.74, 6) is 0.936. The van der Waals surface area contributed by atoms with E-state index in [1.54, 1.807) is 17.8 Å². The number of halogens is 1. The summed E-state index contributed by atoms with van der Waals surface area (Å²) < 4.78 is 13.8. The van der Waals surface area contributed by atoms with Gasteiger partial charge in [-0.05, 0) is 42.8 Å². The van der Waals surface area contributed by atoms with E-state index < -0.39 is 0 Å². The molecule has 0 fully saturated rings. The fourth-order valence-electron chi connectivity index (χ4n) is 1.72. The first kappa shape index (κ1) is 15.5. The van der Waals surface area contributed by atoms with E-state index >= 15 is 0 Å². The third-order valence-electron chi connectivity index (χ3n) is 2.76. The number of hydrogen-bond acceptors (Lipinski definition) is 2. The van der Waals surface area contributed by atoms with Gasteiger partial charge >= 0.3 is 0 Å². The zero-order valence-electron chi connectivity index (χ0n) is 11.5. The smallest absolute Gasteiger partial charge is 0.137 e. The van der Waals surface area contributed by atoms with Gasteiger partial charge in [-0.1, -0.05) is 32.8 Å². The molecule has 0 bridgehead atoms. The van der Waals surface area contributed by atoms with Crippen LogP contribution in [0, 0.1) is 5.82 Å². The molecule has 1 aromatic rings. The maximum absolute atomic E-state index is 13.8. The summed E-state index contributed by atoms with van der Waals surface area (Å²) in [5.41, 5.74) is 1.03. The molecule has 0 unspecified atom stereocenters. The summed E-state index contributed by atoms with van der Waals surface area (Å²) in [6.45, 7) is 6.05. The zero-order chi connectivity index (χ0) is 13.2. The van der Waals surface area contributed by atoms with Crippen molar-refractivity contribution in [2.24, 2.45) is 0 Å². The van der Waals surface area contributed by atoms with E-state index in [4.69, 9.17) is 0 Å². The van der Waals surface area contributed by atoms with Crippen molar-refractivity contribution in [1.82, 2.24) is 5.32 Å². The maximum Gasteiger partial charge on any atom is 0.137 e. The van der Waals surface area contributed by atoms with Crippen LogP contribution in [-0.2, 0) is 6.54 Å². The van der Waals surface area contributed by atoms with Crippen LogP contribution in [0.4, 0.5) is 4.39 Å². The largest absolute Gasteiger partial charge is 0.313 e. The Hall–Kier alpha value is -0.540. The Bertz CT molecular complexity index is 341. The van der Waals surface area contributed by atoms with Gasteiger partial charge in [0.1, 0.15) is 5.82 Å². The zero-order valence-corrected chi connectivity index (χ0v) is 12.3. The molecule has 102 valence electrons. The topological polar surface area (TPSA) is 12.0 Å². The summed E-state index contributed by atoms with van der Waals surface area (Å²) in [5, 5.41) is 3.28. The number of hydrogen-bond donors (Lipinski definition) is 1. The van der Waals surface area contributed by atoms with Crippen molar-refractivity contribution >= 4 is 11.8 Å². The summed E-state index contributed by atoms with van der Waals surface area (Å²) in [6.07, 6.45) is 4.72. The van der Waals surface area contributed by atoms with E-state index in [1.165, 1.54) is 19.3 Å². The van der Waals surface area contributed by atoms with E-state index in [0.717, 1.165) is 35.7 Å². The van der Waals surface area contributed by atoms with Crippen molar-refractivity contribution < 1.29 is 4.39 Å². The molecule has 0 aromatic heterocycles. The second-order valence-corrected chi connectivity index (χ2v) is 5.63. The molecular formula is C15H24FNS. The predicted molar refractivity (Wildman–Crippen MR) is 78.6 cm³/mol. The second kappa shape index (κ2) is 9.40. The Kier molecular flexibility index (Phi) is 8.10. The van der Waals surface area contributed by atoms with Gasteiger partial charge in [-0.25, -0.2) is 4.39 Å². The van der Waals surface area contributed by atoms with Gasteiger partial charge in [-0.15, -0.1) is 11.8 Å². The third kappa shape index (κ3) is 5.87. The molecule has 3 heteroatoms. The molecule has 1 N–H and O–H groups in total. The lowest BCUT2D eigenvalue weighted by molar-refractivity contribution is 0.595. The van der Waals surface area contributed by atoms with Gasteiger partial charge in [0, 0.05) is 11.4 Å². The van der Waals surface area contributed by atoms with E-state index in [0.29, 0.717) is 0 Å². The first-order valence-corrected chi connectivity index (χ1v) is 7.88. The van der Waals surface area contributed by atoms with Crippen molar-refractivity contribution in [1.29, 1.82) is 0 Å². The van der Waals surface area contributed by atoms with E-state index in [1.807, 2.05) is 12.1 Å². The van der Waals surface area contributed by atoms with Crippen LogP contribution in [0.1, 0.15) is 45.1 Å². The van der Waals surface area contributed by atoms with Crippen LogP contribution >= 0.6 is 11.8 Å². The van der Waals surface area contributed by atoms with Crippen LogP contribution in [0.5, 0.6) is 0 Å². The Morgan fingerprint density at radius 1 is 1.17 bits per heavy atom. The molecule has 0 spiro atoms. The maximum atomic E-state index is 13.8. The quantitative estimate of drug-likeness (QED) is 0.519. The summed E-state index contributed by atoms with van der Waals surface area (Å²) in [7, 11) is 0. The standard InChI is InChI=1S/C15H24FNS/c1-3-5-6-10-18-15-8-7-13(11-14(15)16)12-17-9-4-2/h7-8,11,17H,3-6,9-10,12H2,1-2H3. The van der Waals surface area contributed by atoms with Crippen molar-refractivity contribution in [2.75, 3.05) is 12.3 Å². The summed E-state index contributed by atoms with van der Waals surface area (Å²) in [6, 6.07) is 5.59. The SMILES string of the molecule is CCCCCSc1ccc(CNCCC)cc1F. The summed E-state index contributed by atoms with van der Waals surface area (Å²) >= 11 is 1.63. The lowest BCUT2D eigenvalue weighted by Crippen LogP contribution is -2.13. The molecule has 0 radical (unpaired) electrons. The Labute approximate surface area is 115 Å². The lowest BCUT2D eigenvalue weighted by Gasteiger charge is -2.07. The van der Waals surface area contributed by atoms with Gasteiger partial charge in [-0.3, -0.25) is 0 Å². The Morgan fingerprint density at radius 2 is 2.00 bits per heavy atom. The average Bonchev–Trinajstić information content (AvgIpc) is 2.37. The van der Waals surface area contributed by atoms with Crippen LogP contribution in [-0.4, -0.2) is 12.3 Å². The highest BCUT2D eigenvalue weighted by atomic mass is 32.2. The highest BCUT2D eigenvalue weighted by molar-refractivity contribution is 7.99. The third-order valence-corrected chi connectivity index (χ3v) is 3.89. The highest BCUT2D eigenvalue weighted by Crippen LogP contribution is 2.23.